The maximum Gasteiger partial charge on any atom is 0.266 e. The zero-order chi connectivity index (χ0) is 21.3. The Hall–Kier alpha value is -2.89. The summed E-state index contributed by atoms with van der Waals surface area (Å²) in [5, 5.41) is 1.63. The van der Waals surface area contributed by atoms with Crippen molar-refractivity contribution in [3.63, 3.8) is 0 Å². The first-order chi connectivity index (χ1) is 14.5. The predicted molar refractivity (Wildman–Crippen MR) is 123 cm³/mol. The van der Waals surface area contributed by atoms with E-state index in [1.54, 1.807) is 34.9 Å². The standard InChI is InChI=1S/C24H19ClN2O2S/c1-15-6-5-9-21(16(15)2)27-23(29)19-7-3-4-8-20(19)26-24(27)30-14-22(28)17-10-12-18(25)13-11-17/h3-13H,14H2,1-2H3. The molecule has 0 aliphatic heterocycles. The molecule has 0 fully saturated rings. The quantitative estimate of drug-likeness (QED) is 0.232. The van der Waals surface area contributed by atoms with Crippen LogP contribution in [0.1, 0.15) is 21.5 Å². The van der Waals surface area contributed by atoms with Gasteiger partial charge in [-0.3, -0.25) is 14.2 Å². The molecular weight excluding hydrogens is 416 g/mol. The van der Waals surface area contributed by atoms with Crippen molar-refractivity contribution in [1.82, 2.24) is 9.55 Å². The average Bonchev–Trinajstić information content (AvgIpc) is 2.75. The maximum atomic E-state index is 13.4. The Kier molecular flexibility index (Phi) is 5.75. The smallest absolute Gasteiger partial charge is 0.266 e. The molecule has 0 saturated carbocycles. The Morgan fingerprint density at radius 3 is 2.50 bits per heavy atom. The lowest BCUT2D eigenvalue weighted by molar-refractivity contribution is 0.102. The van der Waals surface area contributed by atoms with Gasteiger partial charge >= 0.3 is 0 Å². The summed E-state index contributed by atoms with van der Waals surface area (Å²) in [7, 11) is 0. The first kappa shape index (κ1) is 20.4. The molecule has 0 N–H and O–H groups in total. The number of hydrogen-bond donors (Lipinski definition) is 0. The molecule has 0 radical (unpaired) electrons. The SMILES string of the molecule is Cc1cccc(-n2c(SCC(=O)c3ccc(Cl)cc3)nc3ccccc3c2=O)c1C. The molecule has 4 rings (SSSR count). The van der Waals surface area contributed by atoms with Gasteiger partial charge < -0.3 is 0 Å². The molecule has 1 aromatic heterocycles. The van der Waals surface area contributed by atoms with Crippen LogP contribution in [0, 0.1) is 13.8 Å². The first-order valence-electron chi connectivity index (χ1n) is 9.45. The molecule has 4 nitrogen and oxygen atoms in total. The number of thioether (sulfide) groups is 1. The second-order valence-electron chi connectivity index (χ2n) is 6.99. The van der Waals surface area contributed by atoms with Crippen molar-refractivity contribution in [3.05, 3.63) is 98.8 Å². The van der Waals surface area contributed by atoms with Crippen LogP contribution < -0.4 is 5.56 Å². The van der Waals surface area contributed by atoms with Crippen molar-refractivity contribution in [3.8, 4) is 5.69 Å². The third-order valence-corrected chi connectivity index (χ3v) is 6.25. The lowest BCUT2D eigenvalue weighted by atomic mass is 10.1. The van der Waals surface area contributed by atoms with E-state index < -0.39 is 0 Å². The van der Waals surface area contributed by atoms with Gasteiger partial charge in [0.15, 0.2) is 10.9 Å². The number of halogens is 1. The van der Waals surface area contributed by atoms with Crippen LogP contribution in [-0.4, -0.2) is 21.1 Å². The highest BCUT2D eigenvalue weighted by Gasteiger charge is 2.17. The largest absolute Gasteiger partial charge is 0.293 e. The van der Waals surface area contributed by atoms with Crippen LogP contribution in [0.2, 0.25) is 5.02 Å². The molecule has 0 aliphatic rings. The number of aryl methyl sites for hydroxylation is 1. The maximum absolute atomic E-state index is 13.4. The fraction of sp³-hybridized carbons (Fsp3) is 0.125. The molecule has 150 valence electrons. The van der Waals surface area contributed by atoms with Gasteiger partial charge in [0.05, 0.1) is 22.3 Å². The Bertz CT molecular complexity index is 1310. The van der Waals surface area contributed by atoms with Gasteiger partial charge in [-0.25, -0.2) is 4.98 Å². The summed E-state index contributed by atoms with van der Waals surface area (Å²) >= 11 is 7.18. The van der Waals surface area contributed by atoms with E-state index in [-0.39, 0.29) is 17.1 Å². The van der Waals surface area contributed by atoms with E-state index in [0.29, 0.717) is 26.6 Å². The van der Waals surface area contributed by atoms with Crippen molar-refractivity contribution < 1.29 is 4.79 Å². The van der Waals surface area contributed by atoms with Crippen LogP contribution in [0.25, 0.3) is 16.6 Å². The Morgan fingerprint density at radius 1 is 1.00 bits per heavy atom. The van der Waals surface area contributed by atoms with E-state index in [4.69, 9.17) is 16.6 Å². The lowest BCUT2D eigenvalue weighted by Gasteiger charge is -2.16. The summed E-state index contributed by atoms with van der Waals surface area (Å²) in [6.07, 6.45) is 0. The molecule has 30 heavy (non-hydrogen) atoms. The summed E-state index contributed by atoms with van der Waals surface area (Å²) in [5.74, 6) is 0.115. The summed E-state index contributed by atoms with van der Waals surface area (Å²) in [4.78, 5) is 30.8. The molecular formula is C24H19ClN2O2S. The van der Waals surface area contributed by atoms with E-state index in [9.17, 15) is 9.59 Å². The number of benzene rings is 3. The highest BCUT2D eigenvalue weighted by molar-refractivity contribution is 7.99. The third-order valence-electron chi connectivity index (χ3n) is 5.06. The van der Waals surface area contributed by atoms with Crippen LogP contribution in [0.5, 0.6) is 0 Å². The van der Waals surface area contributed by atoms with Crippen LogP contribution >= 0.6 is 23.4 Å². The number of para-hydroxylation sites is 1. The Balaban J connectivity index is 1.80. The number of fused-ring (bicyclic) bond motifs is 1. The third kappa shape index (κ3) is 3.91. The number of aromatic nitrogens is 2. The highest BCUT2D eigenvalue weighted by Crippen LogP contribution is 2.25. The molecule has 4 aromatic rings. The molecule has 0 saturated heterocycles. The average molecular weight is 435 g/mol. The molecule has 0 unspecified atom stereocenters. The zero-order valence-electron chi connectivity index (χ0n) is 16.6. The normalized spacial score (nSPS) is 11.0. The molecule has 0 spiro atoms. The molecule has 3 aromatic carbocycles. The van der Waals surface area contributed by atoms with E-state index in [2.05, 4.69) is 0 Å². The van der Waals surface area contributed by atoms with Crippen molar-refractivity contribution in [2.75, 3.05) is 5.75 Å². The van der Waals surface area contributed by atoms with Gasteiger partial charge in [0, 0.05) is 10.6 Å². The molecule has 6 heteroatoms. The zero-order valence-corrected chi connectivity index (χ0v) is 18.1. The van der Waals surface area contributed by atoms with E-state index in [1.807, 2.05) is 50.2 Å². The number of rotatable bonds is 5. The lowest BCUT2D eigenvalue weighted by Crippen LogP contribution is -2.23. The number of nitrogens with zero attached hydrogens (tertiary/aromatic N) is 2. The summed E-state index contributed by atoms with van der Waals surface area (Å²) < 4.78 is 1.62. The topological polar surface area (TPSA) is 52.0 Å². The monoisotopic (exact) mass is 434 g/mol. The summed E-state index contributed by atoms with van der Waals surface area (Å²) in [6, 6.07) is 19.9. The molecule has 0 aliphatic carbocycles. The van der Waals surface area contributed by atoms with Gasteiger partial charge in [0.1, 0.15) is 0 Å². The van der Waals surface area contributed by atoms with Gasteiger partial charge in [-0.05, 0) is 67.4 Å². The summed E-state index contributed by atoms with van der Waals surface area (Å²) in [6.45, 7) is 3.99. The van der Waals surface area contributed by atoms with Crippen molar-refractivity contribution >= 4 is 40.0 Å². The van der Waals surface area contributed by atoms with E-state index >= 15 is 0 Å². The van der Waals surface area contributed by atoms with Gasteiger partial charge in [-0.2, -0.15) is 0 Å². The molecule has 0 bridgehead atoms. The van der Waals surface area contributed by atoms with Crippen LogP contribution in [0.3, 0.4) is 0 Å². The number of hydrogen-bond acceptors (Lipinski definition) is 4. The van der Waals surface area contributed by atoms with Crippen molar-refractivity contribution in [1.29, 1.82) is 0 Å². The van der Waals surface area contributed by atoms with Gasteiger partial charge in [0.25, 0.3) is 5.56 Å². The predicted octanol–water partition coefficient (Wildman–Crippen LogP) is 5.63. The minimum Gasteiger partial charge on any atom is -0.293 e. The number of Topliss-reactive ketones (excluding diaryl/α,β-unsaturated/α-hetero) is 1. The van der Waals surface area contributed by atoms with Crippen molar-refractivity contribution in [2.24, 2.45) is 0 Å². The molecule has 0 amide bonds. The highest BCUT2D eigenvalue weighted by atomic mass is 35.5. The number of ketones is 1. The van der Waals surface area contributed by atoms with Crippen LogP contribution in [0.4, 0.5) is 0 Å². The second kappa shape index (κ2) is 8.46. The molecule has 1 heterocycles. The fourth-order valence-electron chi connectivity index (χ4n) is 3.25. The van der Waals surface area contributed by atoms with Crippen LogP contribution in [0.15, 0.2) is 76.7 Å². The van der Waals surface area contributed by atoms with E-state index in [0.717, 1.165) is 16.8 Å². The van der Waals surface area contributed by atoms with Gasteiger partial charge in [0.2, 0.25) is 0 Å². The van der Waals surface area contributed by atoms with Crippen molar-refractivity contribution in [2.45, 2.75) is 19.0 Å². The van der Waals surface area contributed by atoms with E-state index in [1.165, 1.54) is 11.8 Å². The fourth-order valence-corrected chi connectivity index (χ4v) is 4.27. The number of carbonyl (C=O) groups is 1. The number of carbonyl (C=O) groups excluding carboxylic acids is 1. The second-order valence-corrected chi connectivity index (χ2v) is 8.37. The minimum absolute atomic E-state index is 0.0495. The van der Waals surface area contributed by atoms with Gasteiger partial charge in [-0.15, -0.1) is 0 Å². The summed E-state index contributed by atoms with van der Waals surface area (Å²) in [5.41, 5.74) is 3.91. The first-order valence-corrected chi connectivity index (χ1v) is 10.8. The molecule has 0 atom stereocenters. The Labute approximate surface area is 183 Å². The van der Waals surface area contributed by atoms with Gasteiger partial charge in [-0.1, -0.05) is 47.6 Å². The van der Waals surface area contributed by atoms with Crippen LogP contribution in [-0.2, 0) is 0 Å². The Morgan fingerprint density at radius 2 is 1.73 bits per heavy atom. The minimum atomic E-state index is -0.143.